The van der Waals surface area contributed by atoms with Gasteiger partial charge < -0.3 is 44.7 Å². The zero-order valence-electron chi connectivity index (χ0n) is 10.6. The van der Waals surface area contributed by atoms with Gasteiger partial charge in [0.25, 0.3) is 0 Å². The summed E-state index contributed by atoms with van der Waals surface area (Å²) in [4.78, 5) is 59.9. The maximum atomic E-state index is 9.98. The fraction of sp³-hybridized carbons (Fsp3) is 0. The van der Waals surface area contributed by atoms with Crippen LogP contribution < -0.4 is 0 Å². The van der Waals surface area contributed by atoms with E-state index in [9.17, 15) is 28.8 Å². The van der Waals surface area contributed by atoms with Gasteiger partial charge in [-0.05, 0) is 36.5 Å². The number of hydrogen-bond donors (Lipinski definition) is 0. The van der Waals surface area contributed by atoms with Gasteiger partial charge in [-0.2, -0.15) is 0 Å². The number of carbonyl (C=O) groups excluding carboxylic acids is 6. The molecular weight excluding hydrogens is 479 g/mol. The molecule has 22 heavy (non-hydrogen) atoms. The van der Waals surface area contributed by atoms with E-state index in [0.717, 1.165) is 36.5 Å². The quantitative estimate of drug-likeness (QED) is 0.348. The van der Waals surface area contributed by atoms with E-state index in [0.29, 0.717) is 0 Å². The molecule has 0 saturated carbocycles. The van der Waals surface area contributed by atoms with E-state index in [1.54, 1.807) is 0 Å². The van der Waals surface area contributed by atoms with Crippen LogP contribution in [0.3, 0.4) is 0 Å². The molecule has 0 saturated heterocycles. The van der Waals surface area contributed by atoms with Gasteiger partial charge in [-0.1, -0.05) is 0 Å². The predicted octanol–water partition coefficient (Wildman–Crippen LogP) is -0.0532. The third kappa shape index (κ3) is 7.85. The third-order valence-electron chi connectivity index (χ3n) is 1.77. The number of carbonyl (C=O) groups is 6. The number of hydrogen-bond acceptors (Lipinski definition) is 6. The molecule has 0 N–H and O–H groups in total. The number of rotatable bonds is 0. The van der Waals surface area contributed by atoms with Gasteiger partial charge in [-0.15, -0.1) is 0 Å². The Bertz CT molecular complexity index is 487. The molecule has 3 heterocycles. The molecule has 10 heteroatoms. The van der Waals surface area contributed by atoms with Crippen molar-refractivity contribution in [3.8, 4) is 0 Å². The summed E-state index contributed by atoms with van der Waals surface area (Å²) in [6, 6.07) is 0. The summed E-state index contributed by atoms with van der Waals surface area (Å²) in [5, 5.41) is 9.00. The van der Waals surface area contributed by atoms with Crippen LogP contribution in [-0.4, -0.2) is 35.4 Å². The molecule has 6 amide bonds. The van der Waals surface area contributed by atoms with Crippen LogP contribution in [-0.2, 0) is 51.1 Å². The van der Waals surface area contributed by atoms with E-state index < -0.39 is 35.4 Å². The van der Waals surface area contributed by atoms with Crippen molar-refractivity contribution in [2.75, 3.05) is 0 Å². The van der Waals surface area contributed by atoms with E-state index in [-0.39, 0.29) is 22.4 Å². The van der Waals surface area contributed by atoms with E-state index in [4.69, 9.17) is 0 Å². The minimum absolute atomic E-state index is 0. The van der Waals surface area contributed by atoms with Crippen molar-refractivity contribution in [2.45, 2.75) is 0 Å². The zero-order chi connectivity index (χ0) is 15.8. The van der Waals surface area contributed by atoms with Gasteiger partial charge in [0.05, 0.1) is 35.4 Å². The second kappa shape index (κ2) is 9.34. The SMILES string of the molecule is O=C1C=CC(=O)[N-]1.O=C1C=CC(=O)[N-]1.O=C1C=CC(=O)[N-]1.[Au+3]. The summed E-state index contributed by atoms with van der Waals surface area (Å²) in [5.41, 5.74) is 0. The Kier molecular flexibility index (Phi) is 8.23. The molecule has 3 rings (SSSR count). The molecule has 3 aliphatic heterocycles. The average molecular weight is 485 g/mol. The summed E-state index contributed by atoms with van der Waals surface area (Å²) in [6.07, 6.45) is 6.85. The first-order chi connectivity index (χ1) is 9.86. The topological polar surface area (TPSA) is 145 Å². The van der Waals surface area contributed by atoms with Crippen LogP contribution in [0.15, 0.2) is 36.5 Å². The van der Waals surface area contributed by atoms with Gasteiger partial charge in [0.15, 0.2) is 0 Å². The van der Waals surface area contributed by atoms with Gasteiger partial charge >= 0.3 is 22.4 Å². The molecule has 0 spiro atoms. The average Bonchev–Trinajstić information content (AvgIpc) is 3.06. The Morgan fingerprint density at radius 3 is 0.591 bits per heavy atom. The molecule has 0 atom stereocenters. The molecule has 0 aromatic rings. The largest absolute Gasteiger partial charge is 3.00 e. The Morgan fingerprint density at radius 2 is 0.545 bits per heavy atom. The van der Waals surface area contributed by atoms with E-state index >= 15 is 0 Å². The first kappa shape index (κ1) is 19.4. The van der Waals surface area contributed by atoms with Crippen molar-refractivity contribution in [1.29, 1.82) is 0 Å². The van der Waals surface area contributed by atoms with Crippen LogP contribution in [0.25, 0.3) is 16.0 Å². The summed E-state index contributed by atoms with van der Waals surface area (Å²) in [7, 11) is 0. The normalized spacial score (nSPS) is 16.9. The molecule has 0 unspecified atom stereocenters. The first-order valence-electron chi connectivity index (χ1n) is 5.30. The van der Waals surface area contributed by atoms with Crippen molar-refractivity contribution in [2.24, 2.45) is 0 Å². The monoisotopic (exact) mass is 485 g/mol. The van der Waals surface area contributed by atoms with Crippen LogP contribution >= 0.6 is 0 Å². The van der Waals surface area contributed by atoms with E-state index in [1.807, 2.05) is 0 Å². The number of imide groups is 3. The fourth-order valence-corrected chi connectivity index (χ4v) is 0.977. The molecule has 0 aliphatic carbocycles. The Hall–Kier alpha value is -2.62. The molecule has 9 nitrogen and oxygen atoms in total. The molecule has 116 valence electrons. The van der Waals surface area contributed by atoms with Crippen molar-refractivity contribution in [3.63, 3.8) is 0 Å². The summed E-state index contributed by atoms with van der Waals surface area (Å²) >= 11 is 0. The minimum atomic E-state index is -0.454. The summed E-state index contributed by atoms with van der Waals surface area (Å²) in [6.45, 7) is 0. The van der Waals surface area contributed by atoms with Crippen molar-refractivity contribution in [3.05, 3.63) is 52.4 Å². The second-order valence-electron chi connectivity index (χ2n) is 3.36. The van der Waals surface area contributed by atoms with Crippen LogP contribution in [0.1, 0.15) is 0 Å². The Balaban J connectivity index is 0.000000294. The summed E-state index contributed by atoms with van der Waals surface area (Å²) in [5.74, 6) is -2.72. The third-order valence-corrected chi connectivity index (χ3v) is 1.77. The van der Waals surface area contributed by atoms with Gasteiger partial charge in [0.2, 0.25) is 0 Å². The standard InChI is InChI=1S/3C4H3NO2.Au/c3*6-3-1-2-4(7)5-3;/h3*1-2H,(H,5,6,7);/q;;;+3/p-3. The zero-order valence-corrected chi connectivity index (χ0v) is 12.7. The van der Waals surface area contributed by atoms with Gasteiger partial charge in [0, 0.05) is 0 Å². The van der Waals surface area contributed by atoms with E-state index in [2.05, 4.69) is 16.0 Å². The molecule has 0 fully saturated rings. The number of amides is 6. The fourth-order valence-electron chi connectivity index (χ4n) is 0.977. The molecule has 0 radical (unpaired) electrons. The smallest absolute Gasteiger partial charge is 0.589 e. The van der Waals surface area contributed by atoms with Gasteiger partial charge in [0.1, 0.15) is 0 Å². The molecular formula is C12H6AuN3O6. The minimum Gasteiger partial charge on any atom is -0.589 e. The van der Waals surface area contributed by atoms with Gasteiger partial charge in [-0.25, -0.2) is 0 Å². The van der Waals surface area contributed by atoms with Crippen LogP contribution in [0.2, 0.25) is 0 Å². The second-order valence-corrected chi connectivity index (χ2v) is 3.36. The van der Waals surface area contributed by atoms with Crippen LogP contribution in [0.4, 0.5) is 0 Å². The maximum Gasteiger partial charge on any atom is 3.00 e. The predicted molar refractivity (Wildman–Crippen MR) is 67.5 cm³/mol. The van der Waals surface area contributed by atoms with Crippen LogP contribution in [0.5, 0.6) is 0 Å². The summed E-state index contributed by atoms with van der Waals surface area (Å²) < 4.78 is 0. The van der Waals surface area contributed by atoms with Crippen molar-refractivity contribution in [1.82, 2.24) is 0 Å². The molecule has 0 bridgehead atoms. The van der Waals surface area contributed by atoms with Crippen LogP contribution in [0, 0.1) is 0 Å². The first-order valence-corrected chi connectivity index (χ1v) is 5.30. The molecule has 3 aliphatic rings. The van der Waals surface area contributed by atoms with Crippen molar-refractivity contribution >= 4 is 35.4 Å². The molecule has 0 aromatic carbocycles. The Morgan fingerprint density at radius 1 is 0.409 bits per heavy atom. The maximum absolute atomic E-state index is 9.98. The Labute approximate surface area is 139 Å². The van der Waals surface area contributed by atoms with E-state index in [1.165, 1.54) is 0 Å². The molecule has 0 aromatic heterocycles. The van der Waals surface area contributed by atoms with Crippen molar-refractivity contribution < 1.29 is 51.1 Å². The van der Waals surface area contributed by atoms with Gasteiger partial charge in [-0.3, -0.25) is 0 Å². The number of nitrogens with zero attached hydrogens (tertiary/aromatic N) is 3.